The van der Waals surface area contributed by atoms with Crippen molar-refractivity contribution in [1.82, 2.24) is 14.8 Å². The number of halogens is 1. The molecule has 0 fully saturated rings. The maximum Gasteiger partial charge on any atom is 0.234 e. The minimum absolute atomic E-state index is 0.0902. The van der Waals surface area contributed by atoms with Gasteiger partial charge in [-0.15, -0.1) is 10.2 Å². The molecule has 1 amide bonds. The zero-order chi connectivity index (χ0) is 21.7. The Balaban J connectivity index is 1.55. The van der Waals surface area contributed by atoms with Gasteiger partial charge in [0.1, 0.15) is 18.1 Å². The lowest BCUT2D eigenvalue weighted by Crippen LogP contribution is -2.16. The van der Waals surface area contributed by atoms with E-state index in [9.17, 15) is 4.79 Å². The molecule has 158 valence electrons. The smallest absolute Gasteiger partial charge is 0.234 e. The van der Waals surface area contributed by atoms with Crippen molar-refractivity contribution in [3.05, 3.63) is 57.8 Å². The van der Waals surface area contributed by atoms with Crippen molar-refractivity contribution >= 4 is 39.3 Å². The Morgan fingerprint density at radius 2 is 1.77 bits per heavy atom. The molecule has 0 bridgehead atoms. The fourth-order valence-electron chi connectivity index (χ4n) is 2.83. The van der Waals surface area contributed by atoms with Crippen molar-refractivity contribution in [1.29, 1.82) is 0 Å². The number of hydrogen-bond acceptors (Lipinski definition) is 6. The standard InChI is InChI=1S/C21H23BrN4O3S/c1-13-9-15(22)10-14(2)20(13)23-19(27)12-30-21-25-24-18(26(21)3)11-29-17-7-5-16(28-4)6-8-17/h5-10H,11-12H2,1-4H3,(H,23,27). The first-order valence-corrected chi connectivity index (χ1v) is 11.0. The number of carbonyl (C=O) groups is 1. The number of thioether (sulfide) groups is 1. The molecular weight excluding hydrogens is 468 g/mol. The van der Waals surface area contributed by atoms with Crippen molar-refractivity contribution in [3.63, 3.8) is 0 Å². The van der Waals surface area contributed by atoms with Gasteiger partial charge in [0.2, 0.25) is 5.91 Å². The molecule has 9 heteroatoms. The maximum absolute atomic E-state index is 12.4. The van der Waals surface area contributed by atoms with Crippen LogP contribution >= 0.6 is 27.7 Å². The first-order valence-electron chi connectivity index (χ1n) is 9.22. The first-order chi connectivity index (χ1) is 14.4. The molecule has 2 aromatic carbocycles. The number of benzene rings is 2. The van der Waals surface area contributed by atoms with Gasteiger partial charge in [0.15, 0.2) is 11.0 Å². The number of rotatable bonds is 8. The van der Waals surface area contributed by atoms with Crippen LogP contribution in [0.4, 0.5) is 5.69 Å². The van der Waals surface area contributed by atoms with E-state index in [1.165, 1.54) is 11.8 Å². The fraction of sp³-hybridized carbons (Fsp3) is 0.286. The molecule has 0 aliphatic heterocycles. The van der Waals surface area contributed by atoms with Gasteiger partial charge in [0, 0.05) is 17.2 Å². The summed E-state index contributed by atoms with van der Waals surface area (Å²) in [7, 11) is 3.48. The molecule has 0 spiro atoms. The van der Waals surface area contributed by atoms with E-state index in [4.69, 9.17) is 9.47 Å². The highest BCUT2D eigenvalue weighted by atomic mass is 79.9. The van der Waals surface area contributed by atoms with Gasteiger partial charge in [-0.25, -0.2) is 0 Å². The topological polar surface area (TPSA) is 78.3 Å². The van der Waals surface area contributed by atoms with E-state index in [1.807, 2.05) is 61.9 Å². The van der Waals surface area contributed by atoms with Gasteiger partial charge in [0.05, 0.1) is 12.9 Å². The zero-order valence-electron chi connectivity index (χ0n) is 17.2. The first kappa shape index (κ1) is 22.2. The van der Waals surface area contributed by atoms with E-state index in [2.05, 4.69) is 31.4 Å². The van der Waals surface area contributed by atoms with Crippen LogP contribution in [0, 0.1) is 13.8 Å². The molecule has 30 heavy (non-hydrogen) atoms. The Hall–Kier alpha value is -2.52. The lowest BCUT2D eigenvalue weighted by Gasteiger charge is -2.12. The van der Waals surface area contributed by atoms with Crippen LogP contribution < -0.4 is 14.8 Å². The van der Waals surface area contributed by atoms with Crippen LogP contribution in [-0.2, 0) is 18.4 Å². The summed E-state index contributed by atoms with van der Waals surface area (Å²) in [6, 6.07) is 11.3. The summed E-state index contributed by atoms with van der Waals surface area (Å²) in [4.78, 5) is 12.4. The molecule has 1 N–H and O–H groups in total. The van der Waals surface area contributed by atoms with Gasteiger partial charge in [-0.2, -0.15) is 0 Å². The van der Waals surface area contributed by atoms with Crippen molar-refractivity contribution in [3.8, 4) is 11.5 Å². The number of nitrogens with zero attached hydrogens (tertiary/aromatic N) is 3. The van der Waals surface area contributed by atoms with E-state index >= 15 is 0 Å². The van der Waals surface area contributed by atoms with Crippen LogP contribution in [0.2, 0.25) is 0 Å². The number of carbonyl (C=O) groups excluding carboxylic acids is 1. The average molecular weight is 491 g/mol. The molecule has 0 aliphatic carbocycles. The number of aromatic nitrogens is 3. The third kappa shape index (κ3) is 5.54. The molecule has 7 nitrogen and oxygen atoms in total. The second kappa shape index (κ2) is 9.99. The molecule has 1 heterocycles. The summed E-state index contributed by atoms with van der Waals surface area (Å²) in [5.41, 5.74) is 2.86. The summed E-state index contributed by atoms with van der Waals surface area (Å²) in [6.07, 6.45) is 0. The molecule has 0 radical (unpaired) electrons. The van der Waals surface area contributed by atoms with Crippen LogP contribution in [0.25, 0.3) is 0 Å². The number of aryl methyl sites for hydroxylation is 2. The third-order valence-electron chi connectivity index (χ3n) is 4.45. The Morgan fingerprint density at radius 1 is 1.13 bits per heavy atom. The largest absolute Gasteiger partial charge is 0.497 e. The Kier molecular flexibility index (Phi) is 7.38. The lowest BCUT2D eigenvalue weighted by molar-refractivity contribution is -0.113. The van der Waals surface area contributed by atoms with E-state index in [0.29, 0.717) is 16.7 Å². The van der Waals surface area contributed by atoms with Gasteiger partial charge in [0.25, 0.3) is 0 Å². The summed E-state index contributed by atoms with van der Waals surface area (Å²) in [5.74, 6) is 2.31. The third-order valence-corrected chi connectivity index (χ3v) is 5.92. The molecule has 1 aromatic heterocycles. The van der Waals surface area contributed by atoms with Gasteiger partial charge in [-0.3, -0.25) is 4.79 Å². The van der Waals surface area contributed by atoms with Crippen molar-refractivity contribution in [2.75, 3.05) is 18.2 Å². The van der Waals surface area contributed by atoms with Crippen LogP contribution in [-0.4, -0.2) is 33.5 Å². The van der Waals surface area contributed by atoms with E-state index in [-0.39, 0.29) is 18.3 Å². The number of methoxy groups -OCH3 is 1. The fourth-order valence-corrected chi connectivity index (χ4v) is 4.25. The van der Waals surface area contributed by atoms with Crippen molar-refractivity contribution < 1.29 is 14.3 Å². The minimum Gasteiger partial charge on any atom is -0.497 e. The van der Waals surface area contributed by atoms with Crippen LogP contribution in [0.1, 0.15) is 17.0 Å². The number of amides is 1. The molecule has 0 unspecified atom stereocenters. The lowest BCUT2D eigenvalue weighted by atomic mass is 10.1. The average Bonchev–Trinajstić information content (AvgIpc) is 3.07. The number of anilines is 1. The molecule has 0 saturated carbocycles. The Morgan fingerprint density at radius 3 is 2.40 bits per heavy atom. The molecular formula is C21H23BrN4O3S. The van der Waals surface area contributed by atoms with Crippen molar-refractivity contribution in [2.24, 2.45) is 7.05 Å². The van der Waals surface area contributed by atoms with Gasteiger partial charge in [-0.05, 0) is 61.4 Å². The van der Waals surface area contributed by atoms with Crippen molar-refractivity contribution in [2.45, 2.75) is 25.6 Å². The van der Waals surface area contributed by atoms with E-state index < -0.39 is 0 Å². The molecule has 0 aliphatic rings. The number of nitrogens with one attached hydrogen (secondary N) is 1. The highest BCUT2D eigenvalue weighted by molar-refractivity contribution is 9.10. The van der Waals surface area contributed by atoms with Gasteiger partial charge >= 0.3 is 0 Å². The number of ether oxygens (including phenoxy) is 2. The van der Waals surface area contributed by atoms with E-state index in [0.717, 1.165) is 27.0 Å². The number of hydrogen-bond donors (Lipinski definition) is 1. The van der Waals surface area contributed by atoms with Gasteiger partial charge < -0.3 is 19.4 Å². The highest BCUT2D eigenvalue weighted by Gasteiger charge is 2.14. The van der Waals surface area contributed by atoms with Crippen LogP contribution in [0.3, 0.4) is 0 Å². The Bertz CT molecular complexity index is 1010. The van der Waals surface area contributed by atoms with Crippen LogP contribution in [0.5, 0.6) is 11.5 Å². The summed E-state index contributed by atoms with van der Waals surface area (Å²) in [6.45, 7) is 4.22. The highest BCUT2D eigenvalue weighted by Crippen LogP contribution is 2.26. The van der Waals surface area contributed by atoms with Crippen LogP contribution in [0.15, 0.2) is 46.0 Å². The van der Waals surface area contributed by atoms with E-state index in [1.54, 1.807) is 7.11 Å². The van der Waals surface area contributed by atoms with Gasteiger partial charge in [-0.1, -0.05) is 27.7 Å². The predicted octanol–water partition coefficient (Wildman–Crippen LogP) is 4.51. The Labute approximate surface area is 188 Å². The monoisotopic (exact) mass is 490 g/mol. The molecule has 0 atom stereocenters. The second-order valence-electron chi connectivity index (χ2n) is 6.67. The molecule has 0 saturated heterocycles. The molecule has 3 aromatic rings. The summed E-state index contributed by atoms with van der Waals surface area (Å²) >= 11 is 4.80. The predicted molar refractivity (Wildman–Crippen MR) is 121 cm³/mol. The summed E-state index contributed by atoms with van der Waals surface area (Å²) < 4.78 is 13.7. The SMILES string of the molecule is COc1ccc(OCc2nnc(SCC(=O)Nc3c(C)cc(Br)cc3C)n2C)cc1. The minimum atomic E-state index is -0.0902. The molecule has 3 rings (SSSR count). The second-order valence-corrected chi connectivity index (χ2v) is 8.53. The normalized spacial score (nSPS) is 10.7. The maximum atomic E-state index is 12.4. The zero-order valence-corrected chi connectivity index (χ0v) is 19.6. The summed E-state index contributed by atoms with van der Waals surface area (Å²) in [5, 5.41) is 12.0. The quantitative estimate of drug-likeness (QED) is 0.467.